The van der Waals surface area contributed by atoms with Crippen LogP contribution in [0.15, 0.2) is 30.3 Å². The smallest absolute Gasteiger partial charge is 0.0644 e. The van der Waals surface area contributed by atoms with Crippen molar-refractivity contribution in [2.45, 2.75) is 46.1 Å². The van der Waals surface area contributed by atoms with Crippen LogP contribution in [0.25, 0.3) is 0 Å². The van der Waals surface area contributed by atoms with Crippen molar-refractivity contribution in [3.8, 4) is 0 Å². The van der Waals surface area contributed by atoms with Gasteiger partial charge in [0.1, 0.15) is 0 Å². The zero-order chi connectivity index (χ0) is 15.4. The van der Waals surface area contributed by atoms with Crippen LogP contribution in [0.1, 0.15) is 54.7 Å². The Kier molecular flexibility index (Phi) is 5.18. The second-order valence-electron chi connectivity index (χ2n) is 5.98. The predicted molar refractivity (Wildman–Crippen MR) is 88.6 cm³/mol. The SMILES string of the molecule is Cc1nn(C)c(C)c1C(C)NCCC(C)c1ccccc1. The second-order valence-corrected chi connectivity index (χ2v) is 5.98. The zero-order valence-electron chi connectivity index (χ0n) is 13.9. The lowest BCUT2D eigenvalue weighted by atomic mass is 9.97. The Morgan fingerprint density at radius 1 is 1.14 bits per heavy atom. The van der Waals surface area contributed by atoms with Crippen molar-refractivity contribution in [2.24, 2.45) is 7.05 Å². The lowest BCUT2D eigenvalue weighted by Gasteiger charge is -2.17. The summed E-state index contributed by atoms with van der Waals surface area (Å²) in [6.07, 6.45) is 1.15. The zero-order valence-corrected chi connectivity index (χ0v) is 13.9. The summed E-state index contributed by atoms with van der Waals surface area (Å²) >= 11 is 0. The van der Waals surface area contributed by atoms with Crippen LogP contribution in [0.5, 0.6) is 0 Å². The first-order valence-corrected chi connectivity index (χ1v) is 7.79. The molecule has 0 saturated heterocycles. The molecular weight excluding hydrogens is 258 g/mol. The highest BCUT2D eigenvalue weighted by molar-refractivity contribution is 5.27. The lowest BCUT2D eigenvalue weighted by molar-refractivity contribution is 0.528. The fourth-order valence-corrected chi connectivity index (χ4v) is 2.98. The van der Waals surface area contributed by atoms with Crippen LogP contribution in [0, 0.1) is 13.8 Å². The third kappa shape index (κ3) is 3.73. The molecule has 0 aliphatic carbocycles. The Morgan fingerprint density at radius 3 is 2.38 bits per heavy atom. The minimum Gasteiger partial charge on any atom is -0.310 e. The van der Waals surface area contributed by atoms with Gasteiger partial charge >= 0.3 is 0 Å². The van der Waals surface area contributed by atoms with Gasteiger partial charge in [-0.2, -0.15) is 5.10 Å². The largest absolute Gasteiger partial charge is 0.310 e. The molecule has 2 atom stereocenters. The maximum absolute atomic E-state index is 4.50. The molecule has 0 bridgehead atoms. The maximum Gasteiger partial charge on any atom is 0.0644 e. The van der Waals surface area contributed by atoms with Crippen molar-refractivity contribution in [1.82, 2.24) is 15.1 Å². The van der Waals surface area contributed by atoms with E-state index in [9.17, 15) is 0 Å². The molecule has 0 aliphatic heterocycles. The van der Waals surface area contributed by atoms with Crippen molar-refractivity contribution >= 4 is 0 Å². The minimum absolute atomic E-state index is 0.349. The maximum atomic E-state index is 4.50. The van der Waals surface area contributed by atoms with Crippen LogP contribution in [-0.4, -0.2) is 16.3 Å². The van der Waals surface area contributed by atoms with E-state index < -0.39 is 0 Å². The van der Waals surface area contributed by atoms with E-state index in [0.717, 1.165) is 18.7 Å². The molecule has 114 valence electrons. The van der Waals surface area contributed by atoms with Crippen molar-refractivity contribution < 1.29 is 0 Å². The van der Waals surface area contributed by atoms with Gasteiger partial charge in [-0.15, -0.1) is 0 Å². The van der Waals surface area contributed by atoms with Crippen LogP contribution < -0.4 is 5.32 Å². The molecule has 2 aromatic rings. The molecule has 1 aromatic heterocycles. The molecule has 0 fully saturated rings. The topological polar surface area (TPSA) is 29.9 Å². The average molecular weight is 285 g/mol. The third-order valence-electron chi connectivity index (χ3n) is 4.39. The molecule has 1 aromatic carbocycles. The number of nitrogens with one attached hydrogen (secondary N) is 1. The normalized spacial score (nSPS) is 14.1. The van der Waals surface area contributed by atoms with Crippen LogP contribution in [0.3, 0.4) is 0 Å². The molecule has 1 N–H and O–H groups in total. The molecule has 1 heterocycles. The van der Waals surface area contributed by atoms with Crippen LogP contribution >= 0.6 is 0 Å². The number of aromatic nitrogens is 2. The van der Waals surface area contributed by atoms with Gasteiger partial charge in [-0.3, -0.25) is 4.68 Å². The molecule has 3 nitrogen and oxygen atoms in total. The van der Waals surface area contributed by atoms with E-state index in [1.807, 2.05) is 11.7 Å². The lowest BCUT2D eigenvalue weighted by Crippen LogP contribution is -2.22. The van der Waals surface area contributed by atoms with Crippen molar-refractivity contribution in [2.75, 3.05) is 6.54 Å². The summed E-state index contributed by atoms with van der Waals surface area (Å²) in [6, 6.07) is 11.1. The van der Waals surface area contributed by atoms with E-state index in [2.05, 4.69) is 68.4 Å². The highest BCUT2D eigenvalue weighted by Gasteiger charge is 2.16. The highest BCUT2D eigenvalue weighted by Crippen LogP contribution is 2.22. The summed E-state index contributed by atoms with van der Waals surface area (Å²) in [5, 5.41) is 8.14. The van der Waals surface area contributed by atoms with Crippen molar-refractivity contribution in [1.29, 1.82) is 0 Å². The number of aryl methyl sites for hydroxylation is 2. The second kappa shape index (κ2) is 6.90. The van der Waals surface area contributed by atoms with Gasteiger partial charge in [-0.05, 0) is 45.2 Å². The van der Waals surface area contributed by atoms with Gasteiger partial charge < -0.3 is 5.32 Å². The number of hydrogen-bond donors (Lipinski definition) is 1. The molecule has 0 amide bonds. The molecule has 0 aliphatic rings. The fourth-order valence-electron chi connectivity index (χ4n) is 2.98. The summed E-state index contributed by atoms with van der Waals surface area (Å²) in [5.41, 5.74) is 5.14. The van der Waals surface area contributed by atoms with Gasteiger partial charge in [0.05, 0.1) is 5.69 Å². The first-order chi connectivity index (χ1) is 10.0. The van der Waals surface area contributed by atoms with E-state index in [-0.39, 0.29) is 0 Å². The van der Waals surface area contributed by atoms with Crippen molar-refractivity contribution in [3.05, 3.63) is 52.8 Å². The molecule has 0 spiro atoms. The van der Waals surface area contributed by atoms with Crippen molar-refractivity contribution in [3.63, 3.8) is 0 Å². The van der Waals surface area contributed by atoms with E-state index in [4.69, 9.17) is 0 Å². The fraction of sp³-hybridized carbons (Fsp3) is 0.500. The summed E-state index contributed by atoms with van der Waals surface area (Å²) < 4.78 is 1.97. The molecule has 2 rings (SSSR count). The van der Waals surface area contributed by atoms with Gasteiger partial charge in [0.25, 0.3) is 0 Å². The van der Waals surface area contributed by atoms with Gasteiger partial charge in [0.2, 0.25) is 0 Å². The Balaban J connectivity index is 1.88. The Hall–Kier alpha value is -1.61. The Bertz CT molecular complexity index is 572. The molecular formula is C18H27N3. The number of hydrogen-bond acceptors (Lipinski definition) is 2. The van der Waals surface area contributed by atoms with Gasteiger partial charge in [0, 0.05) is 24.3 Å². The molecule has 21 heavy (non-hydrogen) atoms. The number of nitrogens with zero attached hydrogens (tertiary/aromatic N) is 2. The van der Waals surface area contributed by atoms with Crippen LogP contribution in [0.2, 0.25) is 0 Å². The standard InChI is InChI=1S/C18H27N3/c1-13(17-9-7-6-8-10-17)11-12-19-14(2)18-15(3)20-21(5)16(18)4/h6-10,13-14,19H,11-12H2,1-5H3. The summed E-state index contributed by atoms with van der Waals surface area (Å²) in [4.78, 5) is 0. The van der Waals surface area contributed by atoms with E-state index >= 15 is 0 Å². The monoisotopic (exact) mass is 285 g/mol. The number of rotatable bonds is 6. The van der Waals surface area contributed by atoms with Gasteiger partial charge in [-0.1, -0.05) is 37.3 Å². The van der Waals surface area contributed by atoms with Crippen LogP contribution in [-0.2, 0) is 7.05 Å². The quantitative estimate of drug-likeness (QED) is 0.873. The molecule has 3 heteroatoms. The third-order valence-corrected chi connectivity index (χ3v) is 4.39. The summed E-state index contributed by atoms with van der Waals surface area (Å²) in [6.45, 7) is 9.77. The summed E-state index contributed by atoms with van der Waals surface area (Å²) in [7, 11) is 2.01. The van der Waals surface area contributed by atoms with Gasteiger partial charge in [0.15, 0.2) is 0 Å². The average Bonchev–Trinajstić information content (AvgIpc) is 2.73. The minimum atomic E-state index is 0.349. The Morgan fingerprint density at radius 2 is 1.81 bits per heavy atom. The van der Waals surface area contributed by atoms with Crippen LogP contribution in [0.4, 0.5) is 0 Å². The van der Waals surface area contributed by atoms with Gasteiger partial charge in [-0.25, -0.2) is 0 Å². The molecule has 0 radical (unpaired) electrons. The number of benzene rings is 1. The van der Waals surface area contributed by atoms with E-state index in [1.54, 1.807) is 0 Å². The van der Waals surface area contributed by atoms with E-state index in [0.29, 0.717) is 12.0 Å². The van der Waals surface area contributed by atoms with E-state index in [1.165, 1.54) is 16.8 Å². The first-order valence-electron chi connectivity index (χ1n) is 7.79. The summed E-state index contributed by atoms with van der Waals surface area (Å²) in [5.74, 6) is 0.585. The molecule has 0 saturated carbocycles. The Labute approximate surface area is 128 Å². The first kappa shape index (κ1) is 15.8. The predicted octanol–water partition coefficient (Wildman–Crippen LogP) is 3.88. The molecule has 2 unspecified atom stereocenters. The highest BCUT2D eigenvalue weighted by atomic mass is 15.3.